The number of allylic oxidation sites excluding steroid dienone is 12. The Hall–Kier alpha value is -2.55. The third kappa shape index (κ3) is 56.7. The smallest absolute Gasteiger partial charge is 0.462 e. The van der Waals surface area contributed by atoms with Gasteiger partial charge in [-0.1, -0.05) is 234 Å². The van der Waals surface area contributed by atoms with Crippen molar-refractivity contribution in [2.75, 3.05) is 47.5 Å². The molecule has 0 aliphatic carbocycles. The summed E-state index contributed by atoms with van der Waals surface area (Å²) in [5, 5.41) is 0. The number of unbranched alkanes of at least 4 members (excludes halogenated alkanes) is 28. The zero-order valence-corrected chi connectivity index (χ0v) is 48.3. The van der Waals surface area contributed by atoms with Crippen molar-refractivity contribution in [3.8, 4) is 0 Å². The van der Waals surface area contributed by atoms with Gasteiger partial charge in [0.1, 0.15) is 19.8 Å². The first kappa shape index (κ1) is 69.5. The summed E-state index contributed by atoms with van der Waals surface area (Å²) >= 11 is 0. The van der Waals surface area contributed by atoms with Crippen LogP contribution in [-0.2, 0) is 32.7 Å². The van der Waals surface area contributed by atoms with Crippen LogP contribution in [0.1, 0.15) is 258 Å². The zero-order chi connectivity index (χ0) is 52.7. The van der Waals surface area contributed by atoms with Gasteiger partial charge in [0.2, 0.25) is 0 Å². The Morgan fingerprint density at radius 1 is 0.444 bits per heavy atom. The van der Waals surface area contributed by atoms with E-state index >= 15 is 0 Å². The Morgan fingerprint density at radius 2 is 0.792 bits per heavy atom. The quantitative estimate of drug-likeness (QED) is 0.0211. The number of hydrogen-bond donors (Lipinski definition) is 1. The van der Waals surface area contributed by atoms with Crippen molar-refractivity contribution < 1.29 is 42.1 Å². The molecule has 418 valence electrons. The second kappa shape index (κ2) is 53.3. The van der Waals surface area contributed by atoms with Gasteiger partial charge in [0.25, 0.3) is 0 Å². The predicted octanol–water partition coefficient (Wildman–Crippen LogP) is 18.5. The molecule has 72 heavy (non-hydrogen) atoms. The van der Waals surface area contributed by atoms with Crippen LogP contribution >= 0.6 is 7.82 Å². The lowest BCUT2D eigenvalue weighted by atomic mass is 10.0. The van der Waals surface area contributed by atoms with Gasteiger partial charge in [0.05, 0.1) is 27.7 Å². The average molecular weight is 1030 g/mol. The van der Waals surface area contributed by atoms with Crippen LogP contribution in [0.2, 0.25) is 0 Å². The molecule has 0 aromatic carbocycles. The van der Waals surface area contributed by atoms with Crippen LogP contribution in [0.15, 0.2) is 72.9 Å². The van der Waals surface area contributed by atoms with E-state index in [1.165, 1.54) is 154 Å². The van der Waals surface area contributed by atoms with E-state index in [4.69, 9.17) is 18.5 Å². The van der Waals surface area contributed by atoms with Gasteiger partial charge in [0.15, 0.2) is 6.10 Å². The van der Waals surface area contributed by atoms with Crippen LogP contribution in [0, 0.1) is 0 Å². The number of ether oxygens (including phenoxy) is 2. The largest absolute Gasteiger partial charge is 0.472 e. The van der Waals surface area contributed by atoms with Crippen LogP contribution in [0.25, 0.3) is 0 Å². The van der Waals surface area contributed by atoms with Crippen LogP contribution in [-0.4, -0.2) is 74.9 Å². The highest BCUT2D eigenvalue weighted by atomic mass is 31.2. The molecule has 0 saturated heterocycles. The van der Waals surface area contributed by atoms with Gasteiger partial charge < -0.3 is 18.9 Å². The van der Waals surface area contributed by atoms with E-state index in [9.17, 15) is 19.0 Å². The molecule has 0 fully saturated rings. The average Bonchev–Trinajstić information content (AvgIpc) is 3.34. The Balaban J connectivity index is 4.16. The monoisotopic (exact) mass is 1030 g/mol. The van der Waals surface area contributed by atoms with Gasteiger partial charge in [-0.05, 0) is 83.5 Å². The zero-order valence-electron chi connectivity index (χ0n) is 47.4. The molecule has 0 aromatic rings. The molecular weight excluding hydrogens is 918 g/mol. The summed E-state index contributed by atoms with van der Waals surface area (Å²) in [5.74, 6) is -0.797. The van der Waals surface area contributed by atoms with E-state index in [-0.39, 0.29) is 32.0 Å². The molecule has 0 aromatic heterocycles. The van der Waals surface area contributed by atoms with Gasteiger partial charge in [-0.25, -0.2) is 4.57 Å². The standard InChI is InChI=1S/C62H112NO8P/c1-6-8-10-12-14-16-18-20-22-24-26-28-30-31-33-35-37-39-41-43-45-47-49-51-53-55-62(65)71-60(59-70-72(66,67)69-57-56-63(3,4)5)58-68-61(64)54-52-50-48-46-44-42-40-38-36-34-32-29-27-25-23-21-19-17-15-13-11-9-7-2/h8,10,14,16,19-22,25-28,60H,6-7,9,11-13,15,17-18,23-24,29-59H2,1-5H3/p+1/b10-8-,16-14-,21-19-,22-20-,27-25-,28-26-. The lowest BCUT2D eigenvalue weighted by Crippen LogP contribution is -2.37. The summed E-state index contributed by atoms with van der Waals surface area (Å²) in [5.41, 5.74) is 0. The van der Waals surface area contributed by atoms with Crippen LogP contribution < -0.4 is 0 Å². The SMILES string of the molecule is CC/C=C\C/C=C\C/C=C\C/C=C\CCCCCCCCCCCCCCC(=O)OC(COC(=O)CCCCCCCCCCCCC/C=C\C/C=C\CCCCCCC)COP(=O)(O)OCC[N+](C)(C)C. The fourth-order valence-electron chi connectivity index (χ4n) is 8.16. The van der Waals surface area contributed by atoms with Crippen molar-refractivity contribution in [3.05, 3.63) is 72.9 Å². The highest BCUT2D eigenvalue weighted by molar-refractivity contribution is 7.47. The maximum Gasteiger partial charge on any atom is 0.472 e. The minimum atomic E-state index is -4.39. The van der Waals surface area contributed by atoms with E-state index in [1.807, 2.05) is 21.1 Å². The first-order valence-electron chi connectivity index (χ1n) is 29.7. The minimum Gasteiger partial charge on any atom is -0.462 e. The topological polar surface area (TPSA) is 108 Å². The maximum absolute atomic E-state index is 12.8. The number of quaternary nitrogens is 1. The Kier molecular flexibility index (Phi) is 51.4. The van der Waals surface area contributed by atoms with Gasteiger partial charge in [-0.3, -0.25) is 18.6 Å². The Labute approximate surface area is 444 Å². The Morgan fingerprint density at radius 3 is 1.18 bits per heavy atom. The second-order valence-electron chi connectivity index (χ2n) is 21.0. The molecule has 9 nitrogen and oxygen atoms in total. The summed E-state index contributed by atoms with van der Waals surface area (Å²) in [6.45, 7) is 4.33. The third-order valence-corrected chi connectivity index (χ3v) is 13.7. The number of likely N-dealkylation sites (N-methyl/N-ethyl adjacent to an activating group) is 1. The first-order valence-corrected chi connectivity index (χ1v) is 31.2. The molecule has 0 heterocycles. The third-order valence-electron chi connectivity index (χ3n) is 12.7. The molecule has 0 aliphatic heterocycles. The second-order valence-corrected chi connectivity index (χ2v) is 22.5. The fraction of sp³-hybridized carbons (Fsp3) is 0.774. The molecular formula is C62H113NO8P+. The van der Waals surface area contributed by atoms with Crippen molar-refractivity contribution in [3.63, 3.8) is 0 Å². The van der Waals surface area contributed by atoms with Gasteiger partial charge >= 0.3 is 19.8 Å². The summed E-state index contributed by atoms with van der Waals surface area (Å²) in [6, 6.07) is 0. The normalized spacial score (nSPS) is 13.8. The van der Waals surface area contributed by atoms with Crippen LogP contribution in [0.3, 0.4) is 0 Å². The predicted molar refractivity (Wildman–Crippen MR) is 307 cm³/mol. The number of carbonyl (C=O) groups excluding carboxylic acids is 2. The number of phosphoric ester groups is 1. The molecule has 2 atom stereocenters. The molecule has 0 bridgehead atoms. The molecule has 10 heteroatoms. The number of nitrogens with zero attached hydrogens (tertiary/aromatic N) is 1. The Bertz CT molecular complexity index is 1450. The number of esters is 2. The van der Waals surface area contributed by atoms with Crippen molar-refractivity contribution >= 4 is 19.8 Å². The lowest BCUT2D eigenvalue weighted by Gasteiger charge is -2.24. The maximum atomic E-state index is 12.8. The summed E-state index contributed by atoms with van der Waals surface area (Å²) in [6.07, 6.45) is 69.6. The van der Waals surface area contributed by atoms with Gasteiger partial charge in [-0.15, -0.1) is 0 Å². The van der Waals surface area contributed by atoms with E-state index in [1.54, 1.807) is 0 Å². The van der Waals surface area contributed by atoms with E-state index in [0.717, 1.165) is 70.6 Å². The van der Waals surface area contributed by atoms with E-state index in [0.29, 0.717) is 17.4 Å². The summed E-state index contributed by atoms with van der Waals surface area (Å²) in [7, 11) is 1.47. The molecule has 0 radical (unpaired) electrons. The van der Waals surface area contributed by atoms with Crippen LogP contribution in [0.5, 0.6) is 0 Å². The molecule has 0 aliphatic rings. The van der Waals surface area contributed by atoms with Crippen molar-refractivity contribution in [2.24, 2.45) is 0 Å². The van der Waals surface area contributed by atoms with Crippen molar-refractivity contribution in [1.29, 1.82) is 0 Å². The number of carbonyl (C=O) groups is 2. The number of phosphoric acid groups is 1. The summed E-state index contributed by atoms with van der Waals surface area (Å²) in [4.78, 5) is 35.7. The fourth-order valence-corrected chi connectivity index (χ4v) is 8.90. The highest BCUT2D eigenvalue weighted by Crippen LogP contribution is 2.43. The molecule has 2 unspecified atom stereocenters. The molecule has 0 amide bonds. The number of hydrogen-bond acceptors (Lipinski definition) is 7. The minimum absolute atomic E-state index is 0.0290. The molecule has 0 spiro atoms. The van der Waals surface area contributed by atoms with Crippen molar-refractivity contribution in [2.45, 2.75) is 264 Å². The lowest BCUT2D eigenvalue weighted by molar-refractivity contribution is -0.870. The van der Waals surface area contributed by atoms with Gasteiger partial charge in [-0.2, -0.15) is 0 Å². The van der Waals surface area contributed by atoms with E-state index in [2.05, 4.69) is 86.8 Å². The highest BCUT2D eigenvalue weighted by Gasteiger charge is 2.27. The van der Waals surface area contributed by atoms with Gasteiger partial charge in [0, 0.05) is 12.8 Å². The van der Waals surface area contributed by atoms with Crippen molar-refractivity contribution in [1.82, 2.24) is 0 Å². The van der Waals surface area contributed by atoms with Crippen LogP contribution in [0.4, 0.5) is 0 Å². The van der Waals surface area contributed by atoms with E-state index < -0.39 is 26.5 Å². The molecule has 1 N–H and O–H groups in total. The molecule has 0 rings (SSSR count). The molecule has 0 saturated carbocycles. The first-order chi connectivity index (χ1) is 35.0. The summed E-state index contributed by atoms with van der Waals surface area (Å²) < 4.78 is 34.6. The number of rotatable bonds is 54.